The number of carbonyl (C=O) groups excluding carboxylic acids is 2. The van der Waals surface area contributed by atoms with Crippen molar-refractivity contribution in [3.8, 4) is 0 Å². The second-order valence-corrected chi connectivity index (χ2v) is 6.71. The van der Waals surface area contributed by atoms with Gasteiger partial charge in [0.05, 0.1) is 6.33 Å². The monoisotopic (exact) mass is 319 g/mol. The first-order valence-electron chi connectivity index (χ1n) is 7.39. The van der Waals surface area contributed by atoms with E-state index in [-0.39, 0.29) is 24.5 Å². The number of nitrogens with zero attached hydrogens (tertiary/aromatic N) is 2. The molecular formula is C16H21N3O2S. The average Bonchev–Trinajstić information content (AvgIpc) is 3.10. The van der Waals surface area contributed by atoms with Gasteiger partial charge in [-0.25, -0.2) is 4.98 Å². The molecule has 22 heavy (non-hydrogen) atoms. The van der Waals surface area contributed by atoms with Crippen LogP contribution in [-0.2, 0) is 11.3 Å². The van der Waals surface area contributed by atoms with E-state index >= 15 is 0 Å². The van der Waals surface area contributed by atoms with Crippen molar-refractivity contribution in [1.82, 2.24) is 14.9 Å². The lowest BCUT2D eigenvalue weighted by Crippen LogP contribution is -2.25. The lowest BCUT2D eigenvalue weighted by atomic mass is 10.1. The predicted molar refractivity (Wildman–Crippen MR) is 87.2 cm³/mol. The van der Waals surface area contributed by atoms with Crippen LogP contribution in [0.5, 0.6) is 0 Å². The van der Waals surface area contributed by atoms with Gasteiger partial charge in [-0.3, -0.25) is 9.59 Å². The van der Waals surface area contributed by atoms with Gasteiger partial charge in [-0.15, -0.1) is 11.3 Å². The topological polar surface area (TPSA) is 64.0 Å². The normalized spacial score (nSPS) is 10.6. The Labute approximate surface area is 134 Å². The zero-order valence-electron chi connectivity index (χ0n) is 13.0. The summed E-state index contributed by atoms with van der Waals surface area (Å²) in [5, 5.41) is 2.85. The number of amides is 1. The molecule has 2 aromatic rings. The van der Waals surface area contributed by atoms with Gasteiger partial charge in [0.25, 0.3) is 0 Å². The zero-order chi connectivity index (χ0) is 15.9. The molecule has 118 valence electrons. The molecular weight excluding hydrogens is 298 g/mol. The maximum absolute atomic E-state index is 12.1. The lowest BCUT2D eigenvalue weighted by molar-refractivity contribution is -0.121. The smallest absolute Gasteiger partial charge is 0.220 e. The minimum atomic E-state index is -0.0661. The molecule has 2 rings (SSSR count). The van der Waals surface area contributed by atoms with Crippen LogP contribution in [0.2, 0.25) is 0 Å². The van der Waals surface area contributed by atoms with Gasteiger partial charge in [-0.1, -0.05) is 0 Å². The second-order valence-electron chi connectivity index (χ2n) is 5.25. The predicted octanol–water partition coefficient (Wildman–Crippen LogP) is 2.73. The summed E-state index contributed by atoms with van der Waals surface area (Å²) in [7, 11) is 0. The van der Waals surface area contributed by atoms with Crippen LogP contribution >= 0.6 is 11.3 Å². The molecule has 1 N–H and O–H groups in total. The number of carbonyl (C=O) groups is 2. The molecule has 0 aliphatic heterocycles. The molecule has 1 amide bonds. The molecule has 0 unspecified atom stereocenters. The first-order valence-corrected chi connectivity index (χ1v) is 8.20. The summed E-state index contributed by atoms with van der Waals surface area (Å²) in [6, 6.07) is 1.91. The first kappa shape index (κ1) is 16.4. The van der Waals surface area contributed by atoms with Crippen LogP contribution in [0, 0.1) is 13.8 Å². The molecule has 0 bridgehead atoms. The molecule has 0 saturated carbocycles. The van der Waals surface area contributed by atoms with Gasteiger partial charge >= 0.3 is 0 Å². The standard InChI is InChI=1S/C16H21N3O2S/c1-12-10-14(13(2)22-12)15(20)4-5-16(21)18-6-3-8-19-9-7-17-11-19/h7,9-11H,3-6,8H2,1-2H3,(H,18,21). The van der Waals surface area contributed by atoms with Crippen LogP contribution in [0.15, 0.2) is 24.8 Å². The fraction of sp³-hybridized carbons (Fsp3) is 0.438. The fourth-order valence-corrected chi connectivity index (χ4v) is 3.21. The number of nitrogens with one attached hydrogen (secondary N) is 1. The van der Waals surface area contributed by atoms with E-state index in [4.69, 9.17) is 0 Å². The fourth-order valence-electron chi connectivity index (χ4n) is 2.27. The summed E-state index contributed by atoms with van der Waals surface area (Å²) in [4.78, 5) is 30.0. The molecule has 0 atom stereocenters. The van der Waals surface area contributed by atoms with Crippen molar-refractivity contribution in [2.45, 2.75) is 39.7 Å². The van der Waals surface area contributed by atoms with Crippen LogP contribution in [-0.4, -0.2) is 27.8 Å². The van der Waals surface area contributed by atoms with Gasteiger partial charge in [-0.2, -0.15) is 0 Å². The number of imidazole rings is 1. The number of hydrogen-bond donors (Lipinski definition) is 1. The van der Waals surface area contributed by atoms with Crippen molar-refractivity contribution < 1.29 is 9.59 Å². The molecule has 0 radical (unpaired) electrons. The van der Waals surface area contributed by atoms with Crippen molar-refractivity contribution in [1.29, 1.82) is 0 Å². The van der Waals surface area contributed by atoms with Crippen LogP contribution in [0.25, 0.3) is 0 Å². The van der Waals surface area contributed by atoms with Gasteiger partial charge in [0.1, 0.15) is 0 Å². The lowest BCUT2D eigenvalue weighted by Gasteiger charge is -2.05. The van der Waals surface area contributed by atoms with E-state index in [1.165, 1.54) is 0 Å². The summed E-state index contributed by atoms with van der Waals surface area (Å²) in [6.07, 6.45) is 6.75. The summed E-state index contributed by atoms with van der Waals surface area (Å²) >= 11 is 1.62. The van der Waals surface area contributed by atoms with Crippen molar-refractivity contribution in [2.24, 2.45) is 0 Å². The van der Waals surface area contributed by atoms with E-state index in [0.29, 0.717) is 6.54 Å². The van der Waals surface area contributed by atoms with Crippen molar-refractivity contribution >= 4 is 23.0 Å². The molecule has 6 heteroatoms. The van der Waals surface area contributed by atoms with E-state index in [1.807, 2.05) is 30.7 Å². The minimum Gasteiger partial charge on any atom is -0.356 e. The minimum absolute atomic E-state index is 0.0513. The highest BCUT2D eigenvalue weighted by Crippen LogP contribution is 2.22. The largest absolute Gasteiger partial charge is 0.356 e. The summed E-state index contributed by atoms with van der Waals surface area (Å²) in [6.45, 7) is 5.37. The SMILES string of the molecule is Cc1cc(C(=O)CCC(=O)NCCCn2ccnc2)c(C)s1. The highest BCUT2D eigenvalue weighted by atomic mass is 32.1. The van der Waals surface area contributed by atoms with E-state index in [2.05, 4.69) is 10.3 Å². The number of ketones is 1. The van der Waals surface area contributed by atoms with Crippen molar-refractivity contribution in [2.75, 3.05) is 6.54 Å². The van der Waals surface area contributed by atoms with Crippen molar-refractivity contribution in [3.63, 3.8) is 0 Å². The molecule has 0 spiro atoms. The Bertz CT molecular complexity index is 632. The molecule has 2 heterocycles. The van der Waals surface area contributed by atoms with Gasteiger partial charge in [0.2, 0.25) is 5.91 Å². The Kier molecular flexibility index (Phi) is 5.89. The first-order chi connectivity index (χ1) is 10.6. The Morgan fingerprint density at radius 1 is 1.32 bits per heavy atom. The van der Waals surface area contributed by atoms with E-state index in [9.17, 15) is 9.59 Å². The Morgan fingerprint density at radius 2 is 2.14 bits per heavy atom. The van der Waals surface area contributed by atoms with Crippen LogP contribution in [0.4, 0.5) is 0 Å². The number of aromatic nitrogens is 2. The quantitative estimate of drug-likeness (QED) is 0.601. The molecule has 0 aliphatic carbocycles. The third kappa shape index (κ3) is 4.80. The molecule has 0 aromatic carbocycles. The average molecular weight is 319 g/mol. The number of hydrogen-bond acceptors (Lipinski definition) is 4. The highest BCUT2D eigenvalue weighted by molar-refractivity contribution is 7.12. The Hall–Kier alpha value is -1.95. The third-order valence-electron chi connectivity index (χ3n) is 3.39. The maximum atomic E-state index is 12.1. The number of rotatable bonds is 8. The van der Waals surface area contributed by atoms with Crippen LogP contribution < -0.4 is 5.32 Å². The van der Waals surface area contributed by atoms with E-state index in [1.54, 1.807) is 23.9 Å². The van der Waals surface area contributed by atoms with Gasteiger partial charge in [-0.05, 0) is 26.3 Å². The van der Waals surface area contributed by atoms with Crippen LogP contribution in [0.3, 0.4) is 0 Å². The van der Waals surface area contributed by atoms with Crippen molar-refractivity contribution in [3.05, 3.63) is 40.1 Å². The summed E-state index contributed by atoms with van der Waals surface area (Å²) in [5.41, 5.74) is 0.760. The van der Waals surface area contributed by atoms with Gasteiger partial charge in [0, 0.05) is 53.6 Å². The highest BCUT2D eigenvalue weighted by Gasteiger charge is 2.13. The molecule has 5 nitrogen and oxygen atoms in total. The number of thiophene rings is 1. The van der Waals surface area contributed by atoms with Gasteiger partial charge in [0.15, 0.2) is 5.78 Å². The molecule has 0 fully saturated rings. The summed E-state index contributed by atoms with van der Waals surface area (Å²) in [5.74, 6) is -0.0148. The van der Waals surface area contributed by atoms with Gasteiger partial charge < -0.3 is 9.88 Å². The second kappa shape index (κ2) is 7.89. The maximum Gasteiger partial charge on any atom is 0.220 e. The van der Waals surface area contributed by atoms with E-state index < -0.39 is 0 Å². The van der Waals surface area contributed by atoms with Crippen LogP contribution in [0.1, 0.15) is 39.4 Å². The summed E-state index contributed by atoms with van der Waals surface area (Å²) < 4.78 is 1.97. The third-order valence-corrected chi connectivity index (χ3v) is 4.36. The number of aryl methyl sites for hydroxylation is 3. The molecule has 0 saturated heterocycles. The molecule has 0 aliphatic rings. The number of Topliss-reactive ketones (excluding diaryl/α,β-unsaturated/α-hetero) is 1. The van der Waals surface area contributed by atoms with E-state index in [0.717, 1.165) is 28.3 Å². The molecule has 2 aromatic heterocycles. The zero-order valence-corrected chi connectivity index (χ0v) is 13.8. The Balaban J connectivity index is 1.65. The Morgan fingerprint density at radius 3 is 2.77 bits per heavy atom.